The lowest BCUT2D eigenvalue weighted by Crippen LogP contribution is -2.24. The largest absolute Gasteiger partial charge is 0.103 e. The van der Waals surface area contributed by atoms with E-state index >= 15 is 0 Å². The maximum atomic E-state index is 3.97. The van der Waals surface area contributed by atoms with Gasteiger partial charge in [-0.3, -0.25) is 0 Å². The van der Waals surface area contributed by atoms with Crippen molar-refractivity contribution in [1.29, 1.82) is 0 Å². The summed E-state index contributed by atoms with van der Waals surface area (Å²) in [5.74, 6) is 0. The Hall–Kier alpha value is -1.86. The normalized spacial score (nSPS) is 12.7. The minimum atomic E-state index is -1.48. The van der Waals surface area contributed by atoms with Gasteiger partial charge in [0.1, 0.15) is 0 Å². The average molecular weight is 292 g/mol. The highest BCUT2D eigenvalue weighted by molar-refractivity contribution is 6.95. The number of hydrogen-bond acceptors (Lipinski definition) is 0. The van der Waals surface area contributed by atoms with Crippen molar-refractivity contribution in [2.75, 3.05) is 0 Å². The smallest absolute Gasteiger partial charge is 0.0787 e. The number of allylic oxidation sites excluding steroid dienone is 2. The molecule has 0 N–H and O–H groups in total. The van der Waals surface area contributed by atoms with Crippen LogP contribution in [0.5, 0.6) is 0 Å². The zero-order chi connectivity index (χ0) is 15.3. The van der Waals surface area contributed by atoms with Crippen molar-refractivity contribution < 1.29 is 0 Å². The molecular formula is C20H24Si. The lowest BCUT2D eigenvalue weighted by molar-refractivity contribution is 1.40. The summed E-state index contributed by atoms with van der Waals surface area (Å²) in [6, 6.07) is 21.5. The van der Waals surface area contributed by atoms with Gasteiger partial charge < -0.3 is 0 Å². The Labute approximate surface area is 129 Å². The van der Waals surface area contributed by atoms with E-state index < -0.39 is 8.07 Å². The van der Waals surface area contributed by atoms with Crippen LogP contribution in [0.1, 0.15) is 17.5 Å². The van der Waals surface area contributed by atoms with Gasteiger partial charge in [-0.1, -0.05) is 86.4 Å². The highest BCUT2D eigenvalue weighted by Crippen LogP contribution is 2.35. The number of hydrogen-bond donors (Lipinski definition) is 0. The predicted molar refractivity (Wildman–Crippen MR) is 97.9 cm³/mol. The van der Waals surface area contributed by atoms with Crippen molar-refractivity contribution >= 4 is 18.8 Å². The fourth-order valence-corrected chi connectivity index (χ4v) is 5.00. The molecule has 0 amide bonds. The molecule has 0 radical (unpaired) electrons. The van der Waals surface area contributed by atoms with E-state index in [1.54, 1.807) is 0 Å². The summed E-state index contributed by atoms with van der Waals surface area (Å²) in [6.07, 6.45) is 2.93. The Balaban J connectivity index is 2.72. The van der Waals surface area contributed by atoms with Gasteiger partial charge in [-0.05, 0) is 28.3 Å². The van der Waals surface area contributed by atoms with Crippen molar-refractivity contribution in [3.05, 3.63) is 84.4 Å². The van der Waals surface area contributed by atoms with Gasteiger partial charge >= 0.3 is 0 Å². The molecule has 21 heavy (non-hydrogen) atoms. The molecule has 2 aromatic rings. The van der Waals surface area contributed by atoms with E-state index in [1.807, 2.05) is 6.08 Å². The molecule has 0 heterocycles. The molecule has 0 aliphatic heterocycles. The maximum Gasteiger partial charge on any atom is 0.0787 e. The fraction of sp³-hybridized carbons (Fsp3) is 0.200. The first-order valence-electron chi connectivity index (χ1n) is 7.49. The standard InChI is InChI=1S/C20H24Si/c1-5-12-19(17-13-8-6-9-14-17)20(21(2,3)4)18-15-10-7-11-16-18/h5-11,13-16H,1,12H2,2-4H3. The molecule has 0 atom stereocenters. The molecular weight excluding hydrogens is 268 g/mol. The highest BCUT2D eigenvalue weighted by atomic mass is 28.3. The van der Waals surface area contributed by atoms with Gasteiger partial charge in [0.15, 0.2) is 0 Å². The van der Waals surface area contributed by atoms with Crippen LogP contribution in [0.4, 0.5) is 0 Å². The van der Waals surface area contributed by atoms with Crippen LogP contribution in [-0.2, 0) is 0 Å². The molecule has 0 aliphatic carbocycles. The molecule has 0 bridgehead atoms. The number of rotatable bonds is 5. The number of benzene rings is 2. The van der Waals surface area contributed by atoms with E-state index in [-0.39, 0.29) is 0 Å². The Kier molecular flexibility index (Phi) is 4.97. The molecule has 0 nitrogen and oxygen atoms in total. The van der Waals surface area contributed by atoms with Crippen LogP contribution >= 0.6 is 0 Å². The Morgan fingerprint density at radius 1 is 0.857 bits per heavy atom. The van der Waals surface area contributed by atoms with E-state index in [0.717, 1.165) is 6.42 Å². The molecule has 0 unspecified atom stereocenters. The fourth-order valence-electron chi connectivity index (χ4n) is 2.81. The summed E-state index contributed by atoms with van der Waals surface area (Å²) in [5.41, 5.74) is 4.10. The van der Waals surface area contributed by atoms with Crippen LogP contribution in [0, 0.1) is 0 Å². The van der Waals surface area contributed by atoms with E-state index in [1.165, 1.54) is 21.9 Å². The predicted octanol–water partition coefficient (Wildman–Crippen LogP) is 6.05. The zero-order valence-corrected chi connectivity index (χ0v) is 14.3. The van der Waals surface area contributed by atoms with E-state index in [9.17, 15) is 0 Å². The Morgan fingerprint density at radius 3 is 1.76 bits per heavy atom. The van der Waals surface area contributed by atoms with Gasteiger partial charge in [0, 0.05) is 0 Å². The van der Waals surface area contributed by atoms with Crippen LogP contribution in [0.15, 0.2) is 73.3 Å². The summed E-state index contributed by atoms with van der Waals surface area (Å²) in [5, 5.41) is 1.54. The van der Waals surface area contributed by atoms with Crippen LogP contribution < -0.4 is 0 Å². The van der Waals surface area contributed by atoms with Crippen LogP contribution in [0.3, 0.4) is 0 Å². The van der Waals surface area contributed by atoms with Gasteiger partial charge in [0.25, 0.3) is 0 Å². The second-order valence-corrected chi connectivity index (χ2v) is 11.3. The first-order valence-corrected chi connectivity index (χ1v) is 11.0. The van der Waals surface area contributed by atoms with Gasteiger partial charge in [0.05, 0.1) is 8.07 Å². The quantitative estimate of drug-likeness (QED) is 0.357. The molecule has 1 heteroatoms. The molecule has 0 aliphatic rings. The first-order chi connectivity index (χ1) is 10.0. The summed E-state index contributed by atoms with van der Waals surface area (Å²) < 4.78 is 0. The van der Waals surface area contributed by atoms with Crippen molar-refractivity contribution in [3.8, 4) is 0 Å². The van der Waals surface area contributed by atoms with Crippen molar-refractivity contribution in [2.45, 2.75) is 26.1 Å². The van der Waals surface area contributed by atoms with Crippen LogP contribution in [0.25, 0.3) is 10.8 Å². The van der Waals surface area contributed by atoms with Crippen molar-refractivity contribution in [1.82, 2.24) is 0 Å². The maximum absolute atomic E-state index is 3.97. The molecule has 0 aromatic heterocycles. The minimum Gasteiger partial charge on any atom is -0.103 e. The van der Waals surface area contributed by atoms with E-state index in [4.69, 9.17) is 0 Å². The summed E-state index contributed by atoms with van der Waals surface area (Å²) in [7, 11) is -1.48. The minimum absolute atomic E-state index is 0.915. The Bertz CT molecular complexity index is 616. The van der Waals surface area contributed by atoms with Crippen molar-refractivity contribution in [3.63, 3.8) is 0 Å². The third-order valence-electron chi connectivity index (χ3n) is 3.58. The van der Waals surface area contributed by atoms with E-state index in [2.05, 4.69) is 86.9 Å². The van der Waals surface area contributed by atoms with Crippen LogP contribution in [-0.4, -0.2) is 8.07 Å². The molecule has 0 saturated carbocycles. The molecule has 0 fully saturated rings. The lowest BCUT2D eigenvalue weighted by Gasteiger charge is -2.26. The molecule has 2 rings (SSSR count). The summed E-state index contributed by atoms with van der Waals surface area (Å²) in [4.78, 5) is 0. The second kappa shape index (κ2) is 6.73. The average Bonchev–Trinajstić information content (AvgIpc) is 2.47. The Morgan fingerprint density at radius 2 is 1.33 bits per heavy atom. The van der Waals surface area contributed by atoms with Gasteiger partial charge in [-0.2, -0.15) is 0 Å². The van der Waals surface area contributed by atoms with Gasteiger partial charge in [0.2, 0.25) is 0 Å². The lowest BCUT2D eigenvalue weighted by atomic mass is 9.99. The summed E-state index contributed by atoms with van der Waals surface area (Å²) in [6.45, 7) is 11.2. The SMILES string of the molecule is C=CCC(=C(c1ccccc1)[Si](C)(C)C)c1ccccc1. The third kappa shape index (κ3) is 3.83. The van der Waals surface area contributed by atoms with Crippen molar-refractivity contribution in [2.24, 2.45) is 0 Å². The van der Waals surface area contributed by atoms with Crippen LogP contribution in [0.2, 0.25) is 19.6 Å². The monoisotopic (exact) mass is 292 g/mol. The molecule has 0 spiro atoms. The first kappa shape index (κ1) is 15.5. The van der Waals surface area contributed by atoms with E-state index in [0.29, 0.717) is 0 Å². The third-order valence-corrected chi connectivity index (χ3v) is 5.68. The zero-order valence-electron chi connectivity index (χ0n) is 13.3. The molecule has 108 valence electrons. The molecule has 0 saturated heterocycles. The second-order valence-electron chi connectivity index (χ2n) is 6.33. The van der Waals surface area contributed by atoms with Gasteiger partial charge in [-0.15, -0.1) is 6.58 Å². The topological polar surface area (TPSA) is 0 Å². The molecule has 2 aromatic carbocycles. The highest BCUT2D eigenvalue weighted by Gasteiger charge is 2.24. The summed E-state index contributed by atoms with van der Waals surface area (Å²) >= 11 is 0. The van der Waals surface area contributed by atoms with Gasteiger partial charge in [-0.25, -0.2) is 0 Å².